The molecule has 4 rings (SSSR count). The van der Waals surface area contributed by atoms with Gasteiger partial charge in [-0.25, -0.2) is 14.3 Å². The monoisotopic (exact) mass is 363 g/mol. The van der Waals surface area contributed by atoms with Crippen molar-refractivity contribution in [1.82, 2.24) is 14.6 Å². The van der Waals surface area contributed by atoms with Gasteiger partial charge in [0, 0.05) is 11.6 Å². The second-order valence-corrected chi connectivity index (χ2v) is 7.92. The number of rotatable bonds is 4. The number of carbonyl (C=O) groups is 1. The summed E-state index contributed by atoms with van der Waals surface area (Å²) >= 11 is 0. The number of benzene rings is 1. The van der Waals surface area contributed by atoms with Crippen LogP contribution in [0.4, 0.5) is 0 Å². The van der Waals surface area contributed by atoms with E-state index < -0.39 is 5.97 Å². The second kappa shape index (κ2) is 6.48. The fraction of sp³-hybridized carbons (Fsp3) is 0.409. The van der Waals surface area contributed by atoms with Gasteiger partial charge < -0.3 is 5.11 Å². The molecule has 3 aromatic rings. The molecule has 5 nitrogen and oxygen atoms in total. The Morgan fingerprint density at radius 1 is 1.19 bits per heavy atom. The van der Waals surface area contributed by atoms with E-state index in [0.29, 0.717) is 11.6 Å². The molecule has 2 aromatic heterocycles. The van der Waals surface area contributed by atoms with E-state index in [1.807, 2.05) is 4.52 Å². The highest BCUT2D eigenvalue weighted by Gasteiger charge is 2.30. The number of aromatic carboxylic acids is 1. The van der Waals surface area contributed by atoms with Crippen molar-refractivity contribution in [3.63, 3.8) is 0 Å². The summed E-state index contributed by atoms with van der Waals surface area (Å²) < 4.78 is 1.88. The van der Waals surface area contributed by atoms with Crippen LogP contribution < -0.4 is 0 Å². The van der Waals surface area contributed by atoms with Crippen LogP contribution in [-0.4, -0.2) is 25.7 Å². The fourth-order valence-corrected chi connectivity index (χ4v) is 3.99. The Balaban J connectivity index is 2.13. The van der Waals surface area contributed by atoms with Crippen molar-refractivity contribution < 1.29 is 9.90 Å². The van der Waals surface area contributed by atoms with Crippen molar-refractivity contribution >= 4 is 11.6 Å². The van der Waals surface area contributed by atoms with E-state index in [0.717, 1.165) is 35.4 Å². The molecular formula is C22H25N3O2. The first kappa shape index (κ1) is 17.7. The van der Waals surface area contributed by atoms with Gasteiger partial charge in [0.2, 0.25) is 0 Å². The molecule has 1 saturated carbocycles. The van der Waals surface area contributed by atoms with Crippen LogP contribution in [0.1, 0.15) is 77.9 Å². The highest BCUT2D eigenvalue weighted by atomic mass is 16.4. The van der Waals surface area contributed by atoms with Crippen molar-refractivity contribution in [2.45, 2.75) is 58.8 Å². The summed E-state index contributed by atoms with van der Waals surface area (Å²) in [6, 6.07) is 7.91. The van der Waals surface area contributed by atoms with Gasteiger partial charge in [-0.1, -0.05) is 38.5 Å². The van der Waals surface area contributed by atoms with Gasteiger partial charge in [-0.3, -0.25) is 0 Å². The van der Waals surface area contributed by atoms with Gasteiger partial charge in [0.25, 0.3) is 0 Å². The van der Waals surface area contributed by atoms with Gasteiger partial charge in [-0.15, -0.1) is 0 Å². The zero-order chi connectivity index (χ0) is 19.3. The van der Waals surface area contributed by atoms with Crippen molar-refractivity contribution in [1.29, 1.82) is 0 Å². The third kappa shape index (κ3) is 2.82. The van der Waals surface area contributed by atoms with Crippen LogP contribution in [0.3, 0.4) is 0 Å². The molecule has 2 heterocycles. The Morgan fingerprint density at radius 3 is 2.37 bits per heavy atom. The first-order chi connectivity index (χ1) is 12.9. The third-order valence-corrected chi connectivity index (χ3v) is 5.68. The SMILES string of the molecule is Cc1cccc(C)c1-c1c(C2CCC2)nn2c(C(C)C)cc(C(=O)O)nc12. The highest BCUT2D eigenvalue weighted by Crippen LogP contribution is 2.44. The minimum absolute atomic E-state index is 0.0822. The lowest BCUT2D eigenvalue weighted by Crippen LogP contribution is -2.11. The Labute approximate surface area is 159 Å². The number of hydrogen-bond donors (Lipinski definition) is 1. The number of nitrogens with zero attached hydrogens (tertiary/aromatic N) is 3. The van der Waals surface area contributed by atoms with Crippen molar-refractivity contribution in [3.05, 3.63) is 52.5 Å². The molecule has 0 spiro atoms. The minimum atomic E-state index is -1.00. The molecule has 0 saturated heterocycles. The van der Waals surface area contributed by atoms with Crippen LogP contribution in [0.25, 0.3) is 16.8 Å². The summed E-state index contributed by atoms with van der Waals surface area (Å²) in [6.45, 7) is 8.31. The predicted molar refractivity (Wildman–Crippen MR) is 106 cm³/mol. The molecule has 0 aliphatic heterocycles. The van der Waals surface area contributed by atoms with E-state index in [2.05, 4.69) is 50.9 Å². The molecule has 1 N–H and O–H groups in total. The molecule has 1 fully saturated rings. The summed E-state index contributed by atoms with van der Waals surface area (Å²) in [7, 11) is 0. The Hall–Kier alpha value is -2.69. The second-order valence-electron chi connectivity index (χ2n) is 7.92. The molecule has 0 bridgehead atoms. The standard InChI is InChI=1S/C22H25N3O2/c1-12(2)17-11-16(22(26)27)23-21-19(18-13(3)7-5-8-14(18)4)20(24-25(17)21)15-9-6-10-15/h5,7-8,11-12,15H,6,9-10H2,1-4H3,(H,26,27). The van der Waals surface area contributed by atoms with Crippen LogP contribution in [0, 0.1) is 13.8 Å². The number of hydrogen-bond acceptors (Lipinski definition) is 3. The van der Waals surface area contributed by atoms with E-state index in [9.17, 15) is 9.90 Å². The van der Waals surface area contributed by atoms with Crippen LogP contribution in [0.2, 0.25) is 0 Å². The maximum absolute atomic E-state index is 11.7. The van der Waals surface area contributed by atoms with Crippen molar-refractivity contribution in [2.24, 2.45) is 0 Å². The van der Waals surface area contributed by atoms with Gasteiger partial charge in [0.05, 0.1) is 11.3 Å². The van der Waals surface area contributed by atoms with Crippen LogP contribution in [0.5, 0.6) is 0 Å². The topological polar surface area (TPSA) is 67.5 Å². The number of carboxylic acid groups (broad SMARTS) is 1. The van der Waals surface area contributed by atoms with Gasteiger partial charge in [-0.2, -0.15) is 5.10 Å². The largest absolute Gasteiger partial charge is 0.477 e. The molecule has 5 heteroatoms. The lowest BCUT2D eigenvalue weighted by atomic mass is 9.80. The lowest BCUT2D eigenvalue weighted by molar-refractivity contribution is 0.0690. The molecule has 0 atom stereocenters. The highest BCUT2D eigenvalue weighted by molar-refractivity contribution is 5.89. The van der Waals surface area contributed by atoms with Gasteiger partial charge in [0.15, 0.2) is 11.3 Å². The van der Waals surface area contributed by atoms with Gasteiger partial charge in [0.1, 0.15) is 0 Å². The average molecular weight is 363 g/mol. The number of carboxylic acids is 1. The number of aryl methyl sites for hydroxylation is 2. The smallest absolute Gasteiger partial charge is 0.354 e. The van der Waals surface area contributed by atoms with Crippen molar-refractivity contribution in [2.75, 3.05) is 0 Å². The molecule has 0 radical (unpaired) electrons. The zero-order valence-electron chi connectivity index (χ0n) is 16.3. The molecule has 27 heavy (non-hydrogen) atoms. The molecule has 140 valence electrons. The van der Waals surface area contributed by atoms with Crippen LogP contribution in [-0.2, 0) is 0 Å². The normalized spacial score (nSPS) is 14.7. The summed E-state index contributed by atoms with van der Waals surface area (Å²) in [5, 5.41) is 14.6. The maximum atomic E-state index is 11.7. The summed E-state index contributed by atoms with van der Waals surface area (Å²) in [6.07, 6.45) is 3.48. The summed E-state index contributed by atoms with van der Waals surface area (Å²) in [4.78, 5) is 16.3. The van der Waals surface area contributed by atoms with E-state index in [1.54, 1.807) is 6.07 Å². The van der Waals surface area contributed by atoms with E-state index in [-0.39, 0.29) is 11.6 Å². The lowest BCUT2D eigenvalue weighted by Gasteiger charge is -2.25. The zero-order valence-corrected chi connectivity index (χ0v) is 16.3. The predicted octanol–water partition coefficient (Wildman–Crippen LogP) is 5.10. The minimum Gasteiger partial charge on any atom is -0.477 e. The quantitative estimate of drug-likeness (QED) is 0.700. The molecule has 1 aromatic carbocycles. The Kier molecular flexibility index (Phi) is 4.25. The first-order valence-electron chi connectivity index (χ1n) is 9.62. The number of aromatic nitrogens is 3. The molecule has 0 unspecified atom stereocenters. The Morgan fingerprint density at radius 2 is 1.85 bits per heavy atom. The molecular weight excluding hydrogens is 338 g/mol. The van der Waals surface area contributed by atoms with E-state index in [1.165, 1.54) is 17.5 Å². The molecule has 0 amide bonds. The summed E-state index contributed by atoms with van der Waals surface area (Å²) in [5.74, 6) is -0.430. The third-order valence-electron chi connectivity index (χ3n) is 5.68. The van der Waals surface area contributed by atoms with Gasteiger partial charge in [-0.05, 0) is 55.4 Å². The van der Waals surface area contributed by atoms with E-state index in [4.69, 9.17) is 5.10 Å². The van der Waals surface area contributed by atoms with Gasteiger partial charge >= 0.3 is 5.97 Å². The first-order valence-corrected chi connectivity index (χ1v) is 9.62. The van der Waals surface area contributed by atoms with E-state index >= 15 is 0 Å². The van der Waals surface area contributed by atoms with Crippen molar-refractivity contribution in [3.8, 4) is 11.1 Å². The molecule has 1 aliphatic carbocycles. The fourth-order valence-electron chi connectivity index (χ4n) is 3.99. The number of fused-ring (bicyclic) bond motifs is 1. The Bertz CT molecular complexity index is 1030. The average Bonchev–Trinajstić information content (AvgIpc) is 2.91. The van der Waals surface area contributed by atoms with Crippen LogP contribution >= 0.6 is 0 Å². The molecule has 1 aliphatic rings. The maximum Gasteiger partial charge on any atom is 0.354 e. The van der Waals surface area contributed by atoms with Crippen LogP contribution in [0.15, 0.2) is 24.3 Å². The summed E-state index contributed by atoms with van der Waals surface area (Å²) in [5.41, 5.74) is 7.18.